The molecule has 3 N–H and O–H groups in total. The predicted molar refractivity (Wildman–Crippen MR) is 90.6 cm³/mol. The van der Waals surface area contributed by atoms with Crippen LogP contribution in [0.1, 0.15) is 18.4 Å². The van der Waals surface area contributed by atoms with Gasteiger partial charge in [0, 0.05) is 0 Å². The number of aromatic hydroxyl groups is 1. The summed E-state index contributed by atoms with van der Waals surface area (Å²) in [5, 5.41) is 19.1. The smallest absolute Gasteiger partial charge is 0.337 e. The van der Waals surface area contributed by atoms with Gasteiger partial charge in [0.1, 0.15) is 11.6 Å². The number of rotatable bonds is 2. The molecule has 1 aromatic carbocycles. The molecule has 0 bridgehead atoms. The first-order valence-corrected chi connectivity index (χ1v) is 8.30. The number of nitriles is 1. The normalized spacial score (nSPS) is 22.8. The maximum Gasteiger partial charge on any atom is 0.337 e. The van der Waals surface area contributed by atoms with Gasteiger partial charge in [-0.05, 0) is 24.6 Å². The molecule has 1 fully saturated rings. The molecule has 0 aliphatic carbocycles. The number of allylic oxidation sites excluding steroid dienone is 1. The first-order valence-electron chi connectivity index (χ1n) is 7.42. The van der Waals surface area contributed by atoms with E-state index in [0.717, 1.165) is 0 Å². The molecule has 2 atom stereocenters. The lowest BCUT2D eigenvalue weighted by Gasteiger charge is -2.31. The highest BCUT2D eigenvalue weighted by molar-refractivity contribution is 8.04. The molecule has 0 spiro atoms. The largest absolute Gasteiger partial charge is 0.508 e. The Balaban J connectivity index is 2.28. The third-order valence-corrected chi connectivity index (χ3v) is 5.32. The molecule has 25 heavy (non-hydrogen) atoms. The lowest BCUT2D eigenvalue weighted by molar-refractivity contribution is -0.136. The van der Waals surface area contributed by atoms with Gasteiger partial charge in [0.2, 0.25) is 5.91 Å². The van der Waals surface area contributed by atoms with Crippen LogP contribution in [0.5, 0.6) is 5.75 Å². The number of carbonyl (C=O) groups excluding carboxylic acids is 2. The summed E-state index contributed by atoms with van der Waals surface area (Å²) in [6.07, 6.45) is 0. The molecule has 7 nitrogen and oxygen atoms in total. The van der Waals surface area contributed by atoms with E-state index in [-0.39, 0.29) is 28.6 Å². The number of fused-ring (bicyclic) bond motifs is 1. The van der Waals surface area contributed by atoms with Crippen molar-refractivity contribution in [3.63, 3.8) is 0 Å². The maximum atomic E-state index is 12.5. The van der Waals surface area contributed by atoms with Crippen LogP contribution in [0.2, 0.25) is 0 Å². The van der Waals surface area contributed by atoms with Gasteiger partial charge in [-0.15, -0.1) is 0 Å². The highest BCUT2D eigenvalue weighted by Crippen LogP contribution is 2.49. The maximum absolute atomic E-state index is 12.5. The summed E-state index contributed by atoms with van der Waals surface area (Å²) >= 11 is 1.21. The molecule has 1 aromatic rings. The number of thioether (sulfide) groups is 1. The van der Waals surface area contributed by atoms with Crippen molar-refractivity contribution in [1.82, 2.24) is 4.90 Å². The minimum atomic E-state index is -0.769. The van der Waals surface area contributed by atoms with Crippen LogP contribution in [0.15, 0.2) is 46.3 Å². The van der Waals surface area contributed by atoms with Crippen molar-refractivity contribution in [2.24, 2.45) is 5.73 Å². The number of nitrogens with two attached hydrogens (primary N) is 1. The molecular weight excluding hydrogens is 342 g/mol. The summed E-state index contributed by atoms with van der Waals surface area (Å²) in [4.78, 5) is 26.1. The second-order valence-electron chi connectivity index (χ2n) is 5.58. The number of nitrogens with zero attached hydrogens (tertiary/aromatic N) is 2. The molecule has 0 aromatic heterocycles. The van der Waals surface area contributed by atoms with E-state index in [9.17, 15) is 20.0 Å². The molecule has 1 saturated heterocycles. The molecule has 128 valence electrons. The fourth-order valence-electron chi connectivity index (χ4n) is 2.94. The van der Waals surface area contributed by atoms with Gasteiger partial charge >= 0.3 is 5.97 Å². The molecule has 3 rings (SSSR count). The van der Waals surface area contributed by atoms with Crippen LogP contribution in [0.4, 0.5) is 0 Å². The monoisotopic (exact) mass is 357 g/mol. The standard InChI is InChI=1S/C17H15N3O4S/c1-8-15(22)20-14(19)11(7-18)12(9-3-5-10(21)6-4-9)13(16(20)25-8)17(23)24-2/h3-6,8,12,21H,19H2,1-2H3. The average molecular weight is 357 g/mol. The Bertz CT molecular complexity index is 867. The first kappa shape index (κ1) is 16.9. The van der Waals surface area contributed by atoms with Gasteiger partial charge in [0.05, 0.1) is 40.5 Å². The van der Waals surface area contributed by atoms with Crippen LogP contribution in [0.25, 0.3) is 0 Å². The van der Waals surface area contributed by atoms with Crippen LogP contribution in [0, 0.1) is 11.3 Å². The zero-order valence-electron chi connectivity index (χ0n) is 13.5. The second kappa shape index (κ2) is 6.18. The lowest BCUT2D eigenvalue weighted by atomic mass is 9.83. The van der Waals surface area contributed by atoms with Crippen LogP contribution in [-0.4, -0.2) is 34.2 Å². The number of hydrogen-bond acceptors (Lipinski definition) is 7. The summed E-state index contributed by atoms with van der Waals surface area (Å²) in [6.45, 7) is 1.71. The summed E-state index contributed by atoms with van der Waals surface area (Å²) in [5.74, 6) is -1.61. The Hall–Kier alpha value is -2.92. The Morgan fingerprint density at radius 3 is 2.60 bits per heavy atom. The Morgan fingerprint density at radius 1 is 1.40 bits per heavy atom. The van der Waals surface area contributed by atoms with Crippen molar-refractivity contribution in [2.45, 2.75) is 18.1 Å². The molecule has 2 unspecified atom stereocenters. The Kier molecular flexibility index (Phi) is 4.18. The number of esters is 1. The number of ether oxygens (including phenoxy) is 1. The van der Waals surface area contributed by atoms with Gasteiger partial charge in [-0.1, -0.05) is 23.9 Å². The molecular formula is C17H15N3O4S. The van der Waals surface area contributed by atoms with Crippen LogP contribution < -0.4 is 5.73 Å². The Labute approximate surface area is 148 Å². The average Bonchev–Trinajstić information content (AvgIpc) is 2.90. The highest BCUT2D eigenvalue weighted by Gasteiger charge is 2.47. The number of methoxy groups -OCH3 is 1. The molecule has 2 aliphatic rings. The van der Waals surface area contributed by atoms with E-state index in [1.165, 1.54) is 35.9 Å². The minimum Gasteiger partial charge on any atom is -0.508 e. The van der Waals surface area contributed by atoms with Gasteiger partial charge < -0.3 is 15.6 Å². The third kappa shape index (κ3) is 2.53. The molecule has 0 radical (unpaired) electrons. The number of phenols is 1. The van der Waals surface area contributed by atoms with Crippen molar-refractivity contribution in [3.05, 3.63) is 51.8 Å². The summed E-state index contributed by atoms with van der Waals surface area (Å²) < 4.78 is 4.90. The van der Waals surface area contributed by atoms with Crippen molar-refractivity contribution in [2.75, 3.05) is 7.11 Å². The van der Waals surface area contributed by atoms with Crippen molar-refractivity contribution in [3.8, 4) is 11.8 Å². The van der Waals surface area contributed by atoms with Gasteiger partial charge in [0.15, 0.2) is 0 Å². The van der Waals surface area contributed by atoms with Gasteiger partial charge in [-0.3, -0.25) is 9.69 Å². The minimum absolute atomic E-state index is 0.0186. The van der Waals surface area contributed by atoms with Crippen LogP contribution in [-0.2, 0) is 14.3 Å². The summed E-state index contributed by atoms with van der Waals surface area (Å²) in [5.41, 5.74) is 6.99. The first-order chi connectivity index (χ1) is 11.9. The predicted octanol–water partition coefficient (Wildman–Crippen LogP) is 1.53. The van der Waals surface area contributed by atoms with Crippen LogP contribution >= 0.6 is 11.8 Å². The molecule has 2 heterocycles. The summed E-state index contributed by atoms with van der Waals surface area (Å²) in [6, 6.07) is 8.15. The van der Waals surface area contributed by atoms with E-state index in [1.54, 1.807) is 19.1 Å². The van der Waals surface area contributed by atoms with Crippen LogP contribution in [0.3, 0.4) is 0 Å². The second-order valence-corrected chi connectivity index (χ2v) is 6.91. The van der Waals surface area contributed by atoms with E-state index in [1.807, 2.05) is 6.07 Å². The van der Waals surface area contributed by atoms with Crippen molar-refractivity contribution < 1.29 is 19.4 Å². The Morgan fingerprint density at radius 2 is 2.04 bits per heavy atom. The third-order valence-electron chi connectivity index (χ3n) is 4.14. The number of benzene rings is 1. The van der Waals surface area contributed by atoms with E-state index in [0.29, 0.717) is 10.6 Å². The zero-order valence-corrected chi connectivity index (χ0v) is 14.3. The van der Waals surface area contributed by atoms with E-state index in [2.05, 4.69) is 0 Å². The van der Waals surface area contributed by atoms with Gasteiger partial charge in [-0.2, -0.15) is 5.26 Å². The highest BCUT2D eigenvalue weighted by atomic mass is 32.2. The van der Waals surface area contributed by atoms with E-state index < -0.39 is 17.1 Å². The quantitative estimate of drug-likeness (QED) is 0.771. The fourth-order valence-corrected chi connectivity index (χ4v) is 4.10. The zero-order chi connectivity index (χ0) is 18.3. The SMILES string of the molecule is COC(=O)C1=C2SC(C)C(=O)N2C(N)=C(C#N)C1c1ccc(O)cc1. The number of hydrogen-bond donors (Lipinski definition) is 2. The number of amides is 1. The van der Waals surface area contributed by atoms with E-state index in [4.69, 9.17) is 10.5 Å². The molecule has 1 amide bonds. The molecule has 8 heteroatoms. The molecule has 2 aliphatic heterocycles. The molecule has 0 saturated carbocycles. The number of phenolic OH excluding ortho intramolecular Hbond substituents is 1. The fraction of sp³-hybridized carbons (Fsp3) is 0.235. The summed E-state index contributed by atoms with van der Waals surface area (Å²) in [7, 11) is 1.24. The number of carbonyl (C=O) groups is 2. The van der Waals surface area contributed by atoms with Gasteiger partial charge in [0.25, 0.3) is 0 Å². The van der Waals surface area contributed by atoms with Gasteiger partial charge in [-0.25, -0.2) is 4.79 Å². The van der Waals surface area contributed by atoms with E-state index >= 15 is 0 Å². The lowest BCUT2D eigenvalue weighted by Crippen LogP contribution is -2.37. The van der Waals surface area contributed by atoms with Crippen molar-refractivity contribution >= 4 is 23.6 Å². The topological polar surface area (TPSA) is 117 Å². The van der Waals surface area contributed by atoms with Crippen molar-refractivity contribution in [1.29, 1.82) is 5.26 Å².